The van der Waals surface area contributed by atoms with Crippen molar-refractivity contribution in [1.82, 2.24) is 4.98 Å². The van der Waals surface area contributed by atoms with E-state index in [-0.39, 0.29) is 5.41 Å². The molecule has 0 aliphatic heterocycles. The molecule has 0 atom stereocenters. The van der Waals surface area contributed by atoms with Crippen LogP contribution >= 0.6 is 11.3 Å². The molecule has 0 amide bonds. The minimum absolute atomic E-state index is 0.0553. The van der Waals surface area contributed by atoms with Crippen molar-refractivity contribution >= 4 is 81.6 Å². The SMILES string of the molecule is CC1(C)c2ccccc2-c2cc(N(c3ccc(-c4ccc5oc6cc7nc(-c8ccccc8)oc7cc6c5c4)cc3)c3ccc4c(c3)sc3ccccc34)ccc21. The first-order valence-electron chi connectivity index (χ1n) is 19.3. The van der Waals surface area contributed by atoms with E-state index in [1.165, 1.54) is 42.4 Å². The van der Waals surface area contributed by atoms with Gasteiger partial charge in [0, 0.05) is 65.1 Å². The van der Waals surface area contributed by atoms with Crippen LogP contribution in [0.3, 0.4) is 0 Å². The van der Waals surface area contributed by atoms with Gasteiger partial charge in [-0.1, -0.05) is 105 Å². The lowest BCUT2D eigenvalue weighted by Crippen LogP contribution is -2.15. The van der Waals surface area contributed by atoms with Crippen molar-refractivity contribution in [1.29, 1.82) is 0 Å². The Balaban J connectivity index is 0.961. The molecule has 0 N–H and O–H groups in total. The van der Waals surface area contributed by atoms with Crippen LogP contribution in [0.25, 0.3) is 86.9 Å². The Hall–Kier alpha value is -6.95. The van der Waals surface area contributed by atoms with Gasteiger partial charge in [0.1, 0.15) is 16.7 Å². The Bertz CT molecular complexity index is 3390. The molecule has 1 aliphatic carbocycles. The summed E-state index contributed by atoms with van der Waals surface area (Å²) < 4.78 is 15.2. The third kappa shape index (κ3) is 4.95. The standard InChI is InChI=1S/C52H34N2O2S/c1-52(2)43-14-8-6-12-37(43)40-27-35(22-24-44(40)52)54(36-21-23-39-38-13-7-9-15-49(38)57-50(39)28-36)34-19-16-31(17-20-34)33-18-25-46-41(26-33)42-29-48-45(30-47(42)55-46)53-51(56-48)32-10-4-3-5-11-32/h3-30H,1-2H3. The fraction of sp³-hybridized carbons (Fsp3) is 0.0577. The van der Waals surface area contributed by atoms with Crippen molar-refractivity contribution in [2.45, 2.75) is 19.3 Å². The van der Waals surface area contributed by atoms with Gasteiger partial charge in [0.2, 0.25) is 5.89 Å². The molecule has 3 heterocycles. The predicted molar refractivity (Wildman–Crippen MR) is 237 cm³/mol. The summed E-state index contributed by atoms with van der Waals surface area (Å²) >= 11 is 1.85. The second-order valence-corrected chi connectivity index (χ2v) is 16.7. The number of hydrogen-bond donors (Lipinski definition) is 0. The highest BCUT2D eigenvalue weighted by Crippen LogP contribution is 2.51. The molecule has 3 aromatic heterocycles. The molecular weight excluding hydrogens is 717 g/mol. The molecule has 4 nitrogen and oxygen atoms in total. The van der Waals surface area contributed by atoms with Gasteiger partial charge < -0.3 is 13.7 Å². The molecule has 0 spiro atoms. The zero-order valence-electron chi connectivity index (χ0n) is 31.3. The first kappa shape index (κ1) is 32.3. The number of anilines is 3. The predicted octanol–water partition coefficient (Wildman–Crippen LogP) is 15.2. The Morgan fingerprint density at radius 1 is 0.456 bits per heavy atom. The molecule has 0 saturated carbocycles. The molecule has 11 aromatic rings. The fourth-order valence-electron chi connectivity index (χ4n) is 9.03. The summed E-state index contributed by atoms with van der Waals surface area (Å²) in [5.74, 6) is 0.606. The van der Waals surface area contributed by atoms with Gasteiger partial charge in [-0.15, -0.1) is 11.3 Å². The van der Waals surface area contributed by atoms with Crippen molar-refractivity contribution in [2.75, 3.05) is 4.90 Å². The fourth-order valence-corrected chi connectivity index (χ4v) is 10.2. The number of furan rings is 1. The van der Waals surface area contributed by atoms with E-state index in [0.29, 0.717) is 5.89 Å². The van der Waals surface area contributed by atoms with E-state index in [1.54, 1.807) is 0 Å². The second kappa shape index (κ2) is 12.0. The number of oxazole rings is 1. The summed E-state index contributed by atoms with van der Waals surface area (Å²) in [6.07, 6.45) is 0. The number of benzene rings is 8. The van der Waals surface area contributed by atoms with Gasteiger partial charge in [-0.3, -0.25) is 0 Å². The van der Waals surface area contributed by atoms with Crippen molar-refractivity contribution in [3.63, 3.8) is 0 Å². The van der Waals surface area contributed by atoms with Crippen LogP contribution < -0.4 is 4.90 Å². The summed E-state index contributed by atoms with van der Waals surface area (Å²) in [6.45, 7) is 4.67. The van der Waals surface area contributed by atoms with Crippen LogP contribution in [0.1, 0.15) is 25.0 Å². The van der Waals surface area contributed by atoms with Crippen molar-refractivity contribution in [2.24, 2.45) is 0 Å². The number of aromatic nitrogens is 1. The second-order valence-electron chi connectivity index (χ2n) is 15.6. The lowest BCUT2D eigenvalue weighted by molar-refractivity contribution is 0.620. The first-order chi connectivity index (χ1) is 28.0. The van der Waals surface area contributed by atoms with Gasteiger partial charge in [0.25, 0.3) is 0 Å². The molecule has 0 bridgehead atoms. The summed E-state index contributed by atoms with van der Waals surface area (Å²) in [5, 5.41) is 4.66. The van der Waals surface area contributed by atoms with E-state index < -0.39 is 0 Å². The van der Waals surface area contributed by atoms with Crippen LogP contribution in [0.2, 0.25) is 0 Å². The summed E-state index contributed by atoms with van der Waals surface area (Å²) in [7, 11) is 0. The normalized spacial score (nSPS) is 13.2. The maximum Gasteiger partial charge on any atom is 0.227 e. The number of rotatable bonds is 5. The Morgan fingerprint density at radius 2 is 1.16 bits per heavy atom. The van der Waals surface area contributed by atoms with Crippen LogP contribution in [0.5, 0.6) is 0 Å². The molecule has 8 aromatic carbocycles. The van der Waals surface area contributed by atoms with E-state index in [9.17, 15) is 0 Å². The smallest absolute Gasteiger partial charge is 0.227 e. The lowest BCUT2D eigenvalue weighted by Gasteiger charge is -2.27. The average molecular weight is 751 g/mol. The summed E-state index contributed by atoms with van der Waals surface area (Å²) in [6, 6.07) is 60.9. The van der Waals surface area contributed by atoms with Crippen LogP contribution in [0.4, 0.5) is 17.1 Å². The van der Waals surface area contributed by atoms with Crippen molar-refractivity contribution < 1.29 is 8.83 Å². The third-order valence-corrected chi connectivity index (χ3v) is 13.0. The van der Waals surface area contributed by atoms with E-state index >= 15 is 0 Å². The number of nitrogens with zero attached hydrogens (tertiary/aromatic N) is 2. The summed E-state index contributed by atoms with van der Waals surface area (Å²) in [4.78, 5) is 7.17. The number of thiophene rings is 1. The van der Waals surface area contributed by atoms with E-state index in [4.69, 9.17) is 13.8 Å². The molecule has 0 saturated heterocycles. The van der Waals surface area contributed by atoms with Gasteiger partial charge >= 0.3 is 0 Å². The van der Waals surface area contributed by atoms with Crippen LogP contribution in [0.15, 0.2) is 179 Å². The number of fused-ring (bicyclic) bond motifs is 10. The Morgan fingerprint density at radius 3 is 2.05 bits per heavy atom. The van der Waals surface area contributed by atoms with Gasteiger partial charge in [0.05, 0.1) is 0 Å². The van der Waals surface area contributed by atoms with Gasteiger partial charge in [0.15, 0.2) is 5.58 Å². The minimum Gasteiger partial charge on any atom is -0.456 e. The van der Waals surface area contributed by atoms with Gasteiger partial charge in [-0.05, 0) is 106 Å². The highest BCUT2D eigenvalue weighted by atomic mass is 32.1. The number of hydrogen-bond acceptors (Lipinski definition) is 5. The van der Waals surface area contributed by atoms with Crippen LogP contribution in [0, 0.1) is 0 Å². The molecule has 0 unspecified atom stereocenters. The zero-order chi connectivity index (χ0) is 37.8. The van der Waals surface area contributed by atoms with Crippen LogP contribution in [-0.2, 0) is 5.41 Å². The molecule has 270 valence electrons. The van der Waals surface area contributed by atoms with E-state index in [2.05, 4.69) is 152 Å². The van der Waals surface area contributed by atoms with E-state index in [0.717, 1.165) is 66.8 Å². The molecule has 0 fully saturated rings. The molecule has 57 heavy (non-hydrogen) atoms. The van der Waals surface area contributed by atoms with Crippen molar-refractivity contribution in [3.8, 4) is 33.7 Å². The lowest BCUT2D eigenvalue weighted by atomic mass is 9.82. The molecule has 5 heteroatoms. The largest absolute Gasteiger partial charge is 0.456 e. The highest BCUT2D eigenvalue weighted by Gasteiger charge is 2.35. The first-order valence-corrected chi connectivity index (χ1v) is 20.2. The molecule has 12 rings (SSSR count). The topological polar surface area (TPSA) is 42.4 Å². The summed E-state index contributed by atoms with van der Waals surface area (Å²) in [5.41, 5.74) is 15.0. The zero-order valence-corrected chi connectivity index (χ0v) is 32.1. The average Bonchev–Trinajstić information content (AvgIpc) is 4.00. The molecule has 1 aliphatic rings. The van der Waals surface area contributed by atoms with Crippen LogP contribution in [-0.4, -0.2) is 4.98 Å². The minimum atomic E-state index is -0.0553. The monoisotopic (exact) mass is 750 g/mol. The maximum absolute atomic E-state index is 6.34. The highest BCUT2D eigenvalue weighted by molar-refractivity contribution is 7.25. The van der Waals surface area contributed by atoms with E-state index in [1.807, 2.05) is 47.7 Å². The van der Waals surface area contributed by atoms with Gasteiger partial charge in [-0.25, -0.2) is 4.98 Å². The Labute approximate surface area is 332 Å². The quantitative estimate of drug-likeness (QED) is 0.176. The van der Waals surface area contributed by atoms with Gasteiger partial charge in [-0.2, -0.15) is 0 Å². The Kier molecular flexibility index (Phi) is 6.82. The van der Waals surface area contributed by atoms with Crippen molar-refractivity contribution in [3.05, 3.63) is 181 Å². The third-order valence-electron chi connectivity index (χ3n) is 11.9. The maximum atomic E-state index is 6.34. The molecule has 0 radical (unpaired) electrons. The molecular formula is C52H34N2O2S.